The number of aryl methyl sites for hydroxylation is 2. The van der Waals surface area contributed by atoms with Crippen molar-refractivity contribution in [3.63, 3.8) is 0 Å². The average molecular weight is 422 g/mol. The summed E-state index contributed by atoms with van der Waals surface area (Å²) in [4.78, 5) is 14.7. The van der Waals surface area contributed by atoms with Crippen LogP contribution >= 0.6 is 0 Å². The number of anilines is 1. The van der Waals surface area contributed by atoms with Gasteiger partial charge in [0, 0.05) is 24.7 Å². The number of para-hydroxylation sites is 2. The van der Waals surface area contributed by atoms with Gasteiger partial charge in [-0.05, 0) is 51.7 Å². The van der Waals surface area contributed by atoms with Crippen LogP contribution in [0.4, 0.5) is 10.5 Å². The van der Waals surface area contributed by atoms with Gasteiger partial charge < -0.3 is 20.6 Å². The van der Waals surface area contributed by atoms with Crippen LogP contribution in [0.25, 0.3) is 5.69 Å². The van der Waals surface area contributed by atoms with E-state index in [1.54, 1.807) is 0 Å². The molecular weight excluding hydrogens is 390 g/mol. The molecule has 0 aliphatic heterocycles. The van der Waals surface area contributed by atoms with Crippen LogP contribution in [-0.2, 0) is 0 Å². The van der Waals surface area contributed by atoms with Gasteiger partial charge in [-0.1, -0.05) is 42.5 Å². The molecule has 2 amide bonds. The van der Waals surface area contributed by atoms with Gasteiger partial charge in [0.1, 0.15) is 0 Å². The molecule has 0 fully saturated rings. The van der Waals surface area contributed by atoms with E-state index < -0.39 is 6.10 Å². The summed E-state index contributed by atoms with van der Waals surface area (Å²) in [7, 11) is 3.91. The van der Waals surface area contributed by atoms with Gasteiger partial charge in [-0.15, -0.1) is 0 Å². The molecule has 0 bridgehead atoms. The Balaban J connectivity index is 1.69. The van der Waals surface area contributed by atoms with Crippen molar-refractivity contribution in [2.75, 3.05) is 32.5 Å². The Labute approximate surface area is 183 Å². The number of carbonyl (C=O) groups excluding carboxylic acids is 1. The Bertz CT molecular complexity index is 1000. The van der Waals surface area contributed by atoms with Crippen LogP contribution < -0.4 is 10.6 Å². The fourth-order valence-electron chi connectivity index (χ4n) is 3.69. The molecule has 3 aromatic rings. The summed E-state index contributed by atoms with van der Waals surface area (Å²) in [6, 6.07) is 18.8. The lowest BCUT2D eigenvalue weighted by molar-refractivity contribution is 0.0911. The van der Waals surface area contributed by atoms with Gasteiger partial charge in [-0.25, -0.2) is 9.48 Å². The number of rotatable bonds is 8. The Kier molecular flexibility index (Phi) is 7.44. The van der Waals surface area contributed by atoms with Gasteiger partial charge in [-0.3, -0.25) is 0 Å². The molecule has 1 heterocycles. The number of nitrogens with one attached hydrogen (secondary N) is 2. The van der Waals surface area contributed by atoms with E-state index in [0.29, 0.717) is 18.8 Å². The predicted octanol–water partition coefficient (Wildman–Crippen LogP) is 3.52. The summed E-state index contributed by atoms with van der Waals surface area (Å²) >= 11 is 0. The molecule has 1 aromatic heterocycles. The van der Waals surface area contributed by atoms with Crippen molar-refractivity contribution >= 4 is 11.7 Å². The van der Waals surface area contributed by atoms with Crippen molar-refractivity contribution in [2.45, 2.75) is 20.0 Å². The van der Waals surface area contributed by atoms with Crippen molar-refractivity contribution in [2.24, 2.45) is 5.92 Å². The molecule has 0 saturated carbocycles. The lowest BCUT2D eigenvalue weighted by atomic mass is 9.95. The maximum atomic E-state index is 12.7. The third-order valence-corrected chi connectivity index (χ3v) is 5.10. The lowest BCUT2D eigenvalue weighted by Gasteiger charge is -2.26. The van der Waals surface area contributed by atoms with E-state index in [1.807, 2.05) is 98.2 Å². The largest absolute Gasteiger partial charge is 0.388 e. The highest BCUT2D eigenvalue weighted by atomic mass is 16.3. The van der Waals surface area contributed by atoms with Gasteiger partial charge in [0.15, 0.2) is 0 Å². The molecule has 2 atom stereocenters. The summed E-state index contributed by atoms with van der Waals surface area (Å²) in [5.41, 5.74) is 4.21. The molecule has 0 aliphatic rings. The van der Waals surface area contributed by atoms with E-state index >= 15 is 0 Å². The van der Waals surface area contributed by atoms with Crippen molar-refractivity contribution in [1.29, 1.82) is 0 Å². The van der Waals surface area contributed by atoms with Crippen LogP contribution in [0.3, 0.4) is 0 Å². The fourth-order valence-corrected chi connectivity index (χ4v) is 3.69. The summed E-state index contributed by atoms with van der Waals surface area (Å²) in [6.45, 7) is 4.89. The quantitative estimate of drug-likeness (QED) is 0.520. The molecule has 7 heteroatoms. The summed E-state index contributed by atoms with van der Waals surface area (Å²) in [6.07, 6.45) is -0.675. The van der Waals surface area contributed by atoms with Crippen molar-refractivity contribution in [1.82, 2.24) is 20.0 Å². The highest BCUT2D eigenvalue weighted by Crippen LogP contribution is 2.23. The van der Waals surface area contributed by atoms with Crippen LogP contribution in [-0.4, -0.2) is 53.0 Å². The maximum absolute atomic E-state index is 12.7. The number of carbonyl (C=O) groups is 1. The van der Waals surface area contributed by atoms with E-state index in [-0.39, 0.29) is 11.9 Å². The molecule has 31 heavy (non-hydrogen) atoms. The molecule has 2 aromatic carbocycles. The highest BCUT2D eigenvalue weighted by Gasteiger charge is 2.22. The SMILES string of the molecule is Cc1cc(C)n(-c2ccccc2NC(=O)NC[C@@H](CN(C)C)[C@@H](O)c2ccccc2)n1. The third kappa shape index (κ3) is 5.93. The van der Waals surface area contributed by atoms with E-state index in [2.05, 4.69) is 15.7 Å². The minimum Gasteiger partial charge on any atom is -0.388 e. The van der Waals surface area contributed by atoms with E-state index in [9.17, 15) is 9.90 Å². The van der Waals surface area contributed by atoms with Crippen LogP contribution in [0.5, 0.6) is 0 Å². The lowest BCUT2D eigenvalue weighted by Crippen LogP contribution is -2.39. The number of urea groups is 1. The Morgan fingerprint density at radius 2 is 1.77 bits per heavy atom. The summed E-state index contributed by atoms with van der Waals surface area (Å²) in [5, 5.41) is 21.2. The molecule has 3 rings (SSSR count). The number of aromatic nitrogens is 2. The molecule has 0 unspecified atom stereocenters. The monoisotopic (exact) mass is 421 g/mol. The molecule has 0 saturated heterocycles. The minimum absolute atomic E-state index is 0.158. The minimum atomic E-state index is -0.675. The molecule has 164 valence electrons. The van der Waals surface area contributed by atoms with Crippen LogP contribution in [0.2, 0.25) is 0 Å². The van der Waals surface area contributed by atoms with Crippen molar-refractivity contribution in [3.05, 3.63) is 77.6 Å². The van der Waals surface area contributed by atoms with E-state index in [0.717, 1.165) is 22.6 Å². The molecule has 7 nitrogen and oxygen atoms in total. The molecule has 0 radical (unpaired) electrons. The molecule has 0 spiro atoms. The van der Waals surface area contributed by atoms with Gasteiger partial charge in [0.25, 0.3) is 0 Å². The zero-order valence-electron chi connectivity index (χ0n) is 18.5. The Hall–Kier alpha value is -3.16. The number of benzene rings is 2. The van der Waals surface area contributed by atoms with E-state index in [4.69, 9.17) is 0 Å². The zero-order valence-corrected chi connectivity index (χ0v) is 18.5. The highest BCUT2D eigenvalue weighted by molar-refractivity contribution is 5.91. The Morgan fingerprint density at radius 3 is 2.42 bits per heavy atom. The van der Waals surface area contributed by atoms with E-state index in [1.165, 1.54) is 0 Å². The normalized spacial score (nSPS) is 13.1. The molecule has 3 N–H and O–H groups in total. The average Bonchev–Trinajstić information content (AvgIpc) is 3.09. The number of nitrogens with zero attached hydrogens (tertiary/aromatic N) is 3. The number of aliphatic hydroxyl groups is 1. The second-order valence-electron chi connectivity index (χ2n) is 8.07. The first-order valence-electron chi connectivity index (χ1n) is 10.4. The predicted molar refractivity (Wildman–Crippen MR) is 124 cm³/mol. The van der Waals surface area contributed by atoms with Crippen LogP contribution in [0.15, 0.2) is 60.7 Å². The first-order valence-corrected chi connectivity index (χ1v) is 10.4. The second kappa shape index (κ2) is 10.2. The number of hydrogen-bond acceptors (Lipinski definition) is 4. The van der Waals surface area contributed by atoms with Crippen LogP contribution in [0.1, 0.15) is 23.1 Å². The number of hydrogen-bond donors (Lipinski definition) is 3. The smallest absolute Gasteiger partial charge is 0.319 e. The number of aliphatic hydroxyl groups excluding tert-OH is 1. The van der Waals surface area contributed by atoms with Crippen molar-refractivity contribution < 1.29 is 9.90 Å². The first-order chi connectivity index (χ1) is 14.8. The summed E-state index contributed by atoms with van der Waals surface area (Å²) in [5.74, 6) is -0.158. The molecule has 0 aliphatic carbocycles. The maximum Gasteiger partial charge on any atom is 0.319 e. The first kappa shape index (κ1) is 22.5. The second-order valence-corrected chi connectivity index (χ2v) is 8.07. The summed E-state index contributed by atoms with van der Waals surface area (Å²) < 4.78 is 1.82. The van der Waals surface area contributed by atoms with Gasteiger partial charge in [0.2, 0.25) is 0 Å². The Morgan fingerprint density at radius 1 is 1.10 bits per heavy atom. The van der Waals surface area contributed by atoms with Gasteiger partial charge in [0.05, 0.1) is 23.2 Å². The van der Waals surface area contributed by atoms with Crippen LogP contribution in [0, 0.1) is 19.8 Å². The number of amides is 2. The van der Waals surface area contributed by atoms with Crippen molar-refractivity contribution in [3.8, 4) is 5.69 Å². The topological polar surface area (TPSA) is 82.4 Å². The van der Waals surface area contributed by atoms with Gasteiger partial charge >= 0.3 is 6.03 Å². The molecular formula is C24H31N5O2. The zero-order chi connectivity index (χ0) is 22.4. The van der Waals surface area contributed by atoms with Gasteiger partial charge in [-0.2, -0.15) is 5.10 Å². The third-order valence-electron chi connectivity index (χ3n) is 5.10. The fraction of sp³-hybridized carbons (Fsp3) is 0.333. The standard InChI is InChI=1S/C24H31N5O2/c1-17-14-18(2)29(27-17)22-13-9-8-12-21(22)26-24(31)25-15-20(16-28(3)4)23(30)19-10-6-5-7-11-19/h5-14,20,23,30H,15-16H2,1-4H3,(H2,25,26,31)/t20-,23-/m0/s1.